The summed E-state index contributed by atoms with van der Waals surface area (Å²) in [5, 5.41) is 9.01. The zero-order valence-corrected chi connectivity index (χ0v) is 11.6. The second-order valence-electron chi connectivity index (χ2n) is 4.86. The lowest BCUT2D eigenvalue weighted by Gasteiger charge is -2.31. The van der Waals surface area contributed by atoms with Crippen molar-refractivity contribution < 1.29 is 9.90 Å². The lowest BCUT2D eigenvalue weighted by molar-refractivity contribution is -0.132. The van der Waals surface area contributed by atoms with Gasteiger partial charge in [0.25, 0.3) is 0 Å². The number of rotatable bonds is 4. The minimum absolute atomic E-state index is 0.545. The van der Waals surface area contributed by atoms with Crippen LogP contribution in [-0.4, -0.2) is 24.2 Å². The Morgan fingerprint density at radius 1 is 1.26 bits per heavy atom. The molecule has 0 spiro atoms. The summed E-state index contributed by atoms with van der Waals surface area (Å²) in [4.78, 5) is 13.3. The predicted molar refractivity (Wildman–Crippen MR) is 77.7 cm³/mol. The van der Waals surface area contributed by atoms with Crippen molar-refractivity contribution in [2.24, 2.45) is 0 Å². The first-order valence-electron chi connectivity index (χ1n) is 6.95. The Labute approximate surface area is 114 Å². The van der Waals surface area contributed by atoms with E-state index < -0.39 is 5.97 Å². The molecule has 0 aliphatic carbocycles. The summed E-state index contributed by atoms with van der Waals surface area (Å²) in [5.74, 6) is -0.779. The molecule has 0 amide bonds. The van der Waals surface area contributed by atoms with Gasteiger partial charge in [0.2, 0.25) is 0 Å². The molecule has 0 bridgehead atoms. The van der Waals surface area contributed by atoms with Gasteiger partial charge in [0.1, 0.15) is 0 Å². The maximum absolute atomic E-state index is 11.0. The van der Waals surface area contributed by atoms with Gasteiger partial charge in [-0.05, 0) is 30.4 Å². The van der Waals surface area contributed by atoms with Crippen LogP contribution in [0.25, 0.3) is 0 Å². The summed E-state index contributed by atoms with van der Waals surface area (Å²) in [5.41, 5.74) is 4.56. The molecule has 1 aromatic rings. The molecule has 1 aromatic carbocycles. The van der Waals surface area contributed by atoms with E-state index in [1.54, 1.807) is 0 Å². The number of carboxylic acid groups (broad SMARTS) is 1. The zero-order chi connectivity index (χ0) is 13.8. The molecule has 0 fully saturated rings. The minimum Gasteiger partial charge on any atom is -0.478 e. The van der Waals surface area contributed by atoms with E-state index in [1.807, 2.05) is 6.08 Å². The van der Waals surface area contributed by atoms with Crippen LogP contribution in [0.3, 0.4) is 0 Å². The Kier molecular flexibility index (Phi) is 4.25. The lowest BCUT2D eigenvalue weighted by atomic mass is 9.99. The van der Waals surface area contributed by atoms with E-state index in [0.29, 0.717) is 18.5 Å². The lowest BCUT2D eigenvalue weighted by Crippen LogP contribution is -2.31. The summed E-state index contributed by atoms with van der Waals surface area (Å²) in [6, 6.07) is 6.46. The van der Waals surface area contributed by atoms with Gasteiger partial charge in [-0.2, -0.15) is 0 Å². The van der Waals surface area contributed by atoms with Crippen molar-refractivity contribution in [2.45, 2.75) is 33.1 Å². The number of carbonyl (C=O) groups is 1. The second kappa shape index (κ2) is 5.91. The van der Waals surface area contributed by atoms with Gasteiger partial charge in [-0.25, -0.2) is 4.79 Å². The normalized spacial score (nSPS) is 15.3. The highest BCUT2D eigenvalue weighted by molar-refractivity contribution is 5.87. The average molecular weight is 259 g/mol. The van der Waals surface area contributed by atoms with Gasteiger partial charge in [0.15, 0.2) is 0 Å². The molecule has 1 aliphatic heterocycles. The summed E-state index contributed by atoms with van der Waals surface area (Å²) < 4.78 is 0. The van der Waals surface area contributed by atoms with Crippen LogP contribution < -0.4 is 4.90 Å². The number of anilines is 1. The number of carboxylic acids is 1. The van der Waals surface area contributed by atoms with E-state index in [0.717, 1.165) is 19.4 Å². The molecule has 0 unspecified atom stereocenters. The fraction of sp³-hybridized carbons (Fsp3) is 0.438. The number of hydrogen-bond donors (Lipinski definition) is 1. The van der Waals surface area contributed by atoms with E-state index in [2.05, 4.69) is 36.9 Å². The zero-order valence-electron chi connectivity index (χ0n) is 11.6. The van der Waals surface area contributed by atoms with Crippen LogP contribution in [0.2, 0.25) is 0 Å². The maximum Gasteiger partial charge on any atom is 0.331 e. The Hall–Kier alpha value is -1.77. The highest BCUT2D eigenvalue weighted by Crippen LogP contribution is 2.29. The van der Waals surface area contributed by atoms with Crippen molar-refractivity contribution in [3.63, 3.8) is 0 Å². The summed E-state index contributed by atoms with van der Waals surface area (Å²) in [6.07, 6.45) is 4.48. The van der Waals surface area contributed by atoms with Crippen molar-refractivity contribution >= 4 is 11.7 Å². The number of para-hydroxylation sites is 1. The second-order valence-corrected chi connectivity index (χ2v) is 4.86. The van der Waals surface area contributed by atoms with Gasteiger partial charge in [-0.1, -0.05) is 38.1 Å². The number of hydrogen-bond acceptors (Lipinski definition) is 2. The molecule has 1 aliphatic rings. The summed E-state index contributed by atoms with van der Waals surface area (Å²) >= 11 is 0. The topological polar surface area (TPSA) is 40.5 Å². The third-order valence-electron chi connectivity index (χ3n) is 3.77. The van der Waals surface area contributed by atoms with Crippen LogP contribution in [0.5, 0.6) is 0 Å². The Morgan fingerprint density at radius 3 is 2.32 bits per heavy atom. The van der Waals surface area contributed by atoms with Gasteiger partial charge in [0.05, 0.1) is 0 Å². The van der Waals surface area contributed by atoms with E-state index in [-0.39, 0.29) is 0 Å². The highest BCUT2D eigenvalue weighted by Gasteiger charge is 2.19. The Bertz CT molecular complexity index is 483. The maximum atomic E-state index is 11.0. The number of nitrogens with zero attached hydrogens (tertiary/aromatic N) is 1. The number of benzene rings is 1. The Morgan fingerprint density at radius 2 is 1.89 bits per heavy atom. The monoisotopic (exact) mass is 259 g/mol. The smallest absolute Gasteiger partial charge is 0.331 e. The predicted octanol–water partition coefficient (Wildman–Crippen LogP) is 3.03. The number of aliphatic carboxylic acids is 1. The molecule has 1 heterocycles. The van der Waals surface area contributed by atoms with Crippen molar-refractivity contribution in [1.29, 1.82) is 0 Å². The van der Waals surface area contributed by atoms with Crippen LogP contribution >= 0.6 is 0 Å². The average Bonchev–Trinajstić information content (AvgIpc) is 2.46. The fourth-order valence-corrected chi connectivity index (χ4v) is 2.69. The molecular formula is C16H21NO2. The molecule has 1 N–H and O–H groups in total. The quantitative estimate of drug-likeness (QED) is 0.903. The standard InChI is InChI=1S/C16H21NO2/c1-3-12-6-5-7-13(4-2)15(12)17-10-8-14(9-11-17)16(18)19/h5-8H,3-4,9-11H2,1-2H3,(H,18,19). The highest BCUT2D eigenvalue weighted by atomic mass is 16.4. The van der Waals surface area contributed by atoms with Gasteiger partial charge < -0.3 is 10.0 Å². The van der Waals surface area contributed by atoms with Crippen molar-refractivity contribution in [3.05, 3.63) is 41.0 Å². The summed E-state index contributed by atoms with van der Waals surface area (Å²) in [6.45, 7) is 5.83. The molecule has 102 valence electrons. The van der Waals surface area contributed by atoms with Crippen molar-refractivity contribution in [1.82, 2.24) is 0 Å². The van der Waals surface area contributed by atoms with E-state index in [1.165, 1.54) is 16.8 Å². The first-order valence-corrected chi connectivity index (χ1v) is 6.95. The van der Waals surface area contributed by atoms with Crippen LogP contribution in [0.1, 0.15) is 31.4 Å². The minimum atomic E-state index is -0.779. The van der Waals surface area contributed by atoms with Crippen molar-refractivity contribution in [2.75, 3.05) is 18.0 Å². The van der Waals surface area contributed by atoms with Gasteiger partial charge in [-0.15, -0.1) is 0 Å². The SMILES string of the molecule is CCc1cccc(CC)c1N1CC=C(C(=O)O)CC1. The summed E-state index contributed by atoms with van der Waals surface area (Å²) in [7, 11) is 0. The molecule has 0 saturated heterocycles. The molecule has 0 atom stereocenters. The van der Waals surface area contributed by atoms with Gasteiger partial charge in [0, 0.05) is 24.4 Å². The molecule has 2 rings (SSSR count). The van der Waals surface area contributed by atoms with Gasteiger partial charge >= 0.3 is 5.97 Å². The molecular weight excluding hydrogens is 238 g/mol. The van der Waals surface area contributed by atoms with Gasteiger partial charge in [-0.3, -0.25) is 0 Å². The first-order chi connectivity index (χ1) is 9.17. The Balaban J connectivity index is 2.31. The largest absolute Gasteiger partial charge is 0.478 e. The third kappa shape index (κ3) is 2.80. The van der Waals surface area contributed by atoms with Crippen LogP contribution in [0.4, 0.5) is 5.69 Å². The van der Waals surface area contributed by atoms with E-state index in [4.69, 9.17) is 5.11 Å². The van der Waals surface area contributed by atoms with Crippen LogP contribution in [-0.2, 0) is 17.6 Å². The molecule has 0 aromatic heterocycles. The van der Waals surface area contributed by atoms with E-state index in [9.17, 15) is 4.79 Å². The molecule has 3 nitrogen and oxygen atoms in total. The van der Waals surface area contributed by atoms with E-state index >= 15 is 0 Å². The molecule has 3 heteroatoms. The van der Waals surface area contributed by atoms with Crippen molar-refractivity contribution in [3.8, 4) is 0 Å². The molecule has 19 heavy (non-hydrogen) atoms. The molecule has 0 saturated carbocycles. The van der Waals surface area contributed by atoms with Crippen LogP contribution in [0, 0.1) is 0 Å². The third-order valence-corrected chi connectivity index (χ3v) is 3.77. The molecule has 0 radical (unpaired) electrons. The first kappa shape index (κ1) is 13.7. The number of aryl methyl sites for hydroxylation is 2. The van der Waals surface area contributed by atoms with Crippen LogP contribution in [0.15, 0.2) is 29.8 Å². The fourth-order valence-electron chi connectivity index (χ4n) is 2.69.